The second-order valence-corrected chi connectivity index (χ2v) is 4.65. The Morgan fingerprint density at radius 2 is 2.14 bits per heavy atom. The zero-order chi connectivity index (χ0) is 15.4. The van der Waals surface area contributed by atoms with Crippen molar-refractivity contribution in [2.75, 3.05) is 0 Å². The van der Waals surface area contributed by atoms with Gasteiger partial charge in [0, 0.05) is 12.1 Å². The SMILES string of the molecule is CCC(O)c1ccc(Oc2ccc([N+](=O)[O-])cc2C)cn1. The van der Waals surface area contributed by atoms with E-state index in [-0.39, 0.29) is 5.69 Å². The maximum absolute atomic E-state index is 10.7. The number of nitrogens with zero attached hydrogens (tertiary/aromatic N) is 2. The fourth-order valence-electron chi connectivity index (χ4n) is 1.85. The fraction of sp³-hybridized carbons (Fsp3) is 0.267. The number of hydrogen-bond acceptors (Lipinski definition) is 5. The monoisotopic (exact) mass is 288 g/mol. The van der Waals surface area contributed by atoms with Gasteiger partial charge < -0.3 is 9.84 Å². The highest BCUT2D eigenvalue weighted by atomic mass is 16.6. The van der Waals surface area contributed by atoms with Gasteiger partial charge >= 0.3 is 0 Å². The largest absolute Gasteiger partial charge is 0.455 e. The summed E-state index contributed by atoms with van der Waals surface area (Å²) in [6, 6.07) is 7.82. The van der Waals surface area contributed by atoms with Gasteiger partial charge in [0.25, 0.3) is 5.69 Å². The molecule has 0 aliphatic carbocycles. The highest BCUT2D eigenvalue weighted by Gasteiger charge is 2.10. The molecule has 0 amide bonds. The Kier molecular flexibility index (Phi) is 4.49. The molecule has 6 nitrogen and oxygen atoms in total. The smallest absolute Gasteiger partial charge is 0.269 e. The molecule has 2 rings (SSSR count). The van der Waals surface area contributed by atoms with Crippen molar-refractivity contribution >= 4 is 5.69 Å². The number of nitro groups is 1. The van der Waals surface area contributed by atoms with Gasteiger partial charge in [-0.2, -0.15) is 0 Å². The predicted molar refractivity (Wildman–Crippen MR) is 77.4 cm³/mol. The summed E-state index contributed by atoms with van der Waals surface area (Å²) in [5.41, 5.74) is 1.28. The maximum atomic E-state index is 10.7. The van der Waals surface area contributed by atoms with Crippen molar-refractivity contribution in [3.05, 3.63) is 57.9 Å². The summed E-state index contributed by atoms with van der Waals surface area (Å²) in [6.07, 6.45) is 1.53. The second-order valence-electron chi connectivity index (χ2n) is 4.65. The first-order valence-electron chi connectivity index (χ1n) is 6.58. The number of benzene rings is 1. The van der Waals surface area contributed by atoms with Crippen LogP contribution in [0.2, 0.25) is 0 Å². The average Bonchev–Trinajstić information content (AvgIpc) is 2.49. The van der Waals surface area contributed by atoms with Crippen molar-refractivity contribution in [2.45, 2.75) is 26.4 Å². The van der Waals surface area contributed by atoms with E-state index >= 15 is 0 Å². The summed E-state index contributed by atoms with van der Waals surface area (Å²) < 4.78 is 5.65. The number of aryl methyl sites for hydroxylation is 1. The summed E-state index contributed by atoms with van der Waals surface area (Å²) >= 11 is 0. The van der Waals surface area contributed by atoms with Gasteiger partial charge in [0.05, 0.1) is 22.9 Å². The van der Waals surface area contributed by atoms with E-state index in [4.69, 9.17) is 4.74 Å². The lowest BCUT2D eigenvalue weighted by Gasteiger charge is -2.10. The Hall–Kier alpha value is -2.47. The summed E-state index contributed by atoms with van der Waals surface area (Å²) in [7, 11) is 0. The van der Waals surface area contributed by atoms with Crippen LogP contribution >= 0.6 is 0 Å². The topological polar surface area (TPSA) is 85.5 Å². The molecule has 21 heavy (non-hydrogen) atoms. The van der Waals surface area contributed by atoms with Crippen LogP contribution < -0.4 is 4.74 Å². The number of aliphatic hydroxyl groups is 1. The number of non-ortho nitro benzene ring substituents is 1. The third kappa shape index (κ3) is 3.55. The van der Waals surface area contributed by atoms with Crippen molar-refractivity contribution in [3.63, 3.8) is 0 Å². The Morgan fingerprint density at radius 1 is 1.38 bits per heavy atom. The van der Waals surface area contributed by atoms with Gasteiger partial charge in [0.15, 0.2) is 0 Å². The van der Waals surface area contributed by atoms with E-state index in [0.717, 1.165) is 0 Å². The lowest BCUT2D eigenvalue weighted by Crippen LogP contribution is -1.98. The zero-order valence-corrected chi connectivity index (χ0v) is 11.8. The molecule has 0 radical (unpaired) electrons. The first kappa shape index (κ1) is 14.9. The molecule has 0 aliphatic heterocycles. The zero-order valence-electron chi connectivity index (χ0n) is 11.8. The molecule has 1 N–H and O–H groups in total. The molecular weight excluding hydrogens is 272 g/mol. The number of hydrogen-bond donors (Lipinski definition) is 1. The third-order valence-corrected chi connectivity index (χ3v) is 3.08. The number of pyridine rings is 1. The Bertz CT molecular complexity index is 641. The van der Waals surface area contributed by atoms with Crippen molar-refractivity contribution in [2.24, 2.45) is 0 Å². The Labute approximate surface area is 122 Å². The van der Waals surface area contributed by atoms with Crippen LogP contribution in [0, 0.1) is 17.0 Å². The number of aliphatic hydroxyl groups excluding tert-OH is 1. The number of nitro benzene ring substituents is 1. The minimum Gasteiger partial charge on any atom is -0.455 e. The van der Waals surface area contributed by atoms with E-state index < -0.39 is 11.0 Å². The van der Waals surface area contributed by atoms with Gasteiger partial charge in [-0.3, -0.25) is 15.1 Å². The molecule has 0 fully saturated rings. The normalized spacial score (nSPS) is 12.0. The lowest BCUT2D eigenvalue weighted by atomic mass is 10.2. The molecular formula is C15H16N2O4. The Morgan fingerprint density at radius 3 is 2.67 bits per heavy atom. The van der Waals surface area contributed by atoms with E-state index in [1.165, 1.54) is 18.3 Å². The second kappa shape index (κ2) is 6.32. The minimum absolute atomic E-state index is 0.0272. The summed E-state index contributed by atoms with van der Waals surface area (Å²) in [5.74, 6) is 1.05. The molecule has 1 atom stereocenters. The van der Waals surface area contributed by atoms with Crippen molar-refractivity contribution in [1.29, 1.82) is 0 Å². The molecule has 2 aromatic rings. The first-order chi connectivity index (χ1) is 10.0. The molecule has 0 saturated carbocycles. The highest BCUT2D eigenvalue weighted by Crippen LogP contribution is 2.28. The van der Waals surface area contributed by atoms with Gasteiger partial charge in [0.2, 0.25) is 0 Å². The van der Waals surface area contributed by atoms with Crippen molar-refractivity contribution in [3.8, 4) is 11.5 Å². The van der Waals surface area contributed by atoms with E-state index in [1.54, 1.807) is 25.1 Å². The number of ether oxygens (including phenoxy) is 1. The summed E-state index contributed by atoms with van der Waals surface area (Å²) in [6.45, 7) is 3.61. The van der Waals surface area contributed by atoms with Crippen LogP contribution in [-0.4, -0.2) is 15.0 Å². The van der Waals surface area contributed by atoms with Crippen molar-refractivity contribution in [1.82, 2.24) is 4.98 Å². The Balaban J connectivity index is 2.16. The highest BCUT2D eigenvalue weighted by molar-refractivity contribution is 5.44. The van der Waals surface area contributed by atoms with Crippen LogP contribution in [0.3, 0.4) is 0 Å². The van der Waals surface area contributed by atoms with Gasteiger partial charge in [-0.15, -0.1) is 0 Å². The molecule has 1 aromatic carbocycles. The molecule has 1 heterocycles. The van der Waals surface area contributed by atoms with Crippen LogP contribution in [0.15, 0.2) is 36.5 Å². The maximum Gasteiger partial charge on any atom is 0.269 e. The fourth-order valence-corrected chi connectivity index (χ4v) is 1.85. The number of rotatable bonds is 5. The number of aromatic nitrogens is 1. The quantitative estimate of drug-likeness (QED) is 0.672. The van der Waals surface area contributed by atoms with Crippen molar-refractivity contribution < 1.29 is 14.8 Å². The van der Waals surface area contributed by atoms with Gasteiger partial charge in [0.1, 0.15) is 11.5 Å². The predicted octanol–water partition coefficient (Wildman–Crippen LogP) is 3.53. The average molecular weight is 288 g/mol. The molecule has 1 aromatic heterocycles. The van der Waals surface area contributed by atoms with Crippen LogP contribution in [0.5, 0.6) is 11.5 Å². The van der Waals surface area contributed by atoms with Crippen LogP contribution in [0.1, 0.15) is 30.7 Å². The molecule has 0 spiro atoms. The van der Waals surface area contributed by atoms with Gasteiger partial charge in [-0.25, -0.2) is 0 Å². The van der Waals surface area contributed by atoms with Crippen LogP contribution in [0.25, 0.3) is 0 Å². The summed E-state index contributed by atoms with van der Waals surface area (Å²) in [5, 5.41) is 20.4. The van der Waals surface area contributed by atoms with Gasteiger partial charge in [-0.05, 0) is 37.1 Å². The molecule has 1 unspecified atom stereocenters. The molecule has 0 saturated heterocycles. The molecule has 0 aliphatic rings. The van der Waals surface area contributed by atoms with E-state index in [1.807, 2.05) is 6.92 Å². The molecule has 6 heteroatoms. The van der Waals surface area contributed by atoms with E-state index in [0.29, 0.717) is 29.2 Å². The van der Waals surface area contributed by atoms with Gasteiger partial charge in [-0.1, -0.05) is 6.92 Å². The molecule has 110 valence electrons. The lowest BCUT2D eigenvalue weighted by molar-refractivity contribution is -0.384. The minimum atomic E-state index is -0.583. The standard InChI is InChI=1S/C15H16N2O4/c1-3-14(18)13-6-5-12(9-16-13)21-15-7-4-11(17(19)20)8-10(15)2/h4-9,14,18H,3H2,1-2H3. The van der Waals surface area contributed by atoms with E-state index in [2.05, 4.69) is 4.98 Å². The summed E-state index contributed by atoms with van der Waals surface area (Å²) in [4.78, 5) is 14.4. The van der Waals surface area contributed by atoms with Crippen LogP contribution in [-0.2, 0) is 0 Å². The van der Waals surface area contributed by atoms with Crippen LogP contribution in [0.4, 0.5) is 5.69 Å². The first-order valence-corrected chi connectivity index (χ1v) is 6.58. The molecule has 0 bridgehead atoms. The third-order valence-electron chi connectivity index (χ3n) is 3.08. The van der Waals surface area contributed by atoms with E-state index in [9.17, 15) is 15.2 Å².